The Balaban J connectivity index is 0.000000199. The Bertz CT molecular complexity index is 2480. The van der Waals surface area contributed by atoms with Gasteiger partial charge in [0.2, 0.25) is 0 Å². The van der Waals surface area contributed by atoms with E-state index < -0.39 is 25.5 Å². The first kappa shape index (κ1) is 22.2. The van der Waals surface area contributed by atoms with E-state index in [1.165, 1.54) is 57.0 Å². The van der Waals surface area contributed by atoms with Crippen molar-refractivity contribution in [1.29, 1.82) is 0 Å². The molecule has 0 amide bonds. The molecule has 4 aromatic carbocycles. The standard InChI is InChI=1S/C28H23N2.C13H12N.Ir/c1-28(2,3)16-18-14-15-24(29-17-18)23-12-7-11-22-21-10-6-9-20-19-8-4-5-13-25(19)30(26(20)21)27(22)23;1-10-3-6-12(7-4-10)13-8-5-11(2)9-14-13;/h4-11,13-15,17H,16H2,1-3H3;3-6,8-9H,1-2H3;/q2*-1;/i16D2;1D3,2D3;. The number of rotatable bonds is 3. The topological polar surface area (TPSA) is 30.2 Å². The van der Waals surface area contributed by atoms with Crippen LogP contribution in [-0.4, -0.2) is 14.4 Å². The third-order valence-corrected chi connectivity index (χ3v) is 7.57. The molecule has 0 aliphatic rings. The number of hydrogen-bond acceptors (Lipinski definition) is 2. The molecule has 0 bridgehead atoms. The Hall–Kier alpha value is -4.37. The maximum Gasteiger partial charge on any atom is 0.0516 e. The van der Waals surface area contributed by atoms with Gasteiger partial charge in [-0.2, -0.15) is 0 Å². The second-order valence-electron chi connectivity index (χ2n) is 11.9. The molecular weight excluding hydrogens is 727 g/mol. The molecule has 8 rings (SSSR count). The van der Waals surface area contributed by atoms with Gasteiger partial charge in [0.05, 0.1) is 5.52 Å². The van der Waals surface area contributed by atoms with Gasteiger partial charge >= 0.3 is 0 Å². The zero-order valence-corrected chi connectivity index (χ0v) is 27.5. The van der Waals surface area contributed by atoms with Crippen LogP contribution in [0.3, 0.4) is 0 Å². The average Bonchev–Trinajstić information content (AvgIpc) is 3.63. The summed E-state index contributed by atoms with van der Waals surface area (Å²) in [7, 11) is 0. The molecule has 0 fully saturated rings. The predicted molar refractivity (Wildman–Crippen MR) is 184 cm³/mol. The first-order valence-electron chi connectivity index (χ1n) is 18.5. The van der Waals surface area contributed by atoms with Gasteiger partial charge in [0.1, 0.15) is 0 Å². The number of nitrogens with zero attached hydrogens (tertiary/aromatic N) is 3. The normalized spacial score (nSPS) is 15.1. The Morgan fingerprint density at radius 3 is 2.11 bits per heavy atom. The summed E-state index contributed by atoms with van der Waals surface area (Å²) in [6, 6.07) is 36.8. The zero-order chi connectivity index (χ0) is 37.2. The summed E-state index contributed by atoms with van der Waals surface area (Å²) in [6.45, 7) is 1.41. The minimum Gasteiger partial charge on any atom is -0.350 e. The second-order valence-corrected chi connectivity index (χ2v) is 11.9. The monoisotopic (exact) mass is 770 g/mol. The van der Waals surface area contributed by atoms with Crippen molar-refractivity contribution in [1.82, 2.24) is 14.4 Å². The van der Waals surface area contributed by atoms with Gasteiger partial charge in [-0.3, -0.25) is 0 Å². The van der Waals surface area contributed by atoms with Gasteiger partial charge in [-0.1, -0.05) is 93.7 Å². The van der Waals surface area contributed by atoms with Crippen LogP contribution in [0, 0.1) is 31.3 Å². The van der Waals surface area contributed by atoms with Crippen molar-refractivity contribution >= 4 is 38.1 Å². The minimum absolute atomic E-state index is 0. The third-order valence-electron chi connectivity index (χ3n) is 7.57. The van der Waals surface area contributed by atoms with E-state index in [-0.39, 0.29) is 31.2 Å². The van der Waals surface area contributed by atoms with Crippen LogP contribution in [0.2, 0.25) is 0 Å². The Kier molecular flexibility index (Phi) is 6.01. The molecule has 0 unspecified atom stereocenters. The smallest absolute Gasteiger partial charge is 0.0516 e. The van der Waals surface area contributed by atoms with Crippen LogP contribution in [0.1, 0.15) is 48.4 Å². The quantitative estimate of drug-likeness (QED) is 0.168. The van der Waals surface area contributed by atoms with Gasteiger partial charge < -0.3 is 14.4 Å². The van der Waals surface area contributed by atoms with Gasteiger partial charge in [-0.05, 0) is 58.1 Å². The molecule has 0 atom stereocenters. The van der Waals surface area contributed by atoms with Crippen molar-refractivity contribution in [2.45, 2.75) is 40.8 Å². The van der Waals surface area contributed by atoms with Crippen LogP contribution in [0.5, 0.6) is 0 Å². The number of pyridine rings is 2. The SMILES string of the molecule is [2H]C([2H])([2H])c1c[c-]c(-c2ccc(C([2H])([2H])[2H])cn2)cc1.[2H]C([2H])(c1ccc(-c2[c-]ccc3c4cccc5c6ccccc6n(c23)c54)nc1)C(C)(C)C.[Ir]. The molecule has 0 aliphatic carbocycles. The molecule has 1 radical (unpaired) electrons. The first-order valence-corrected chi connectivity index (χ1v) is 14.5. The molecule has 0 spiro atoms. The summed E-state index contributed by atoms with van der Waals surface area (Å²) in [6.07, 6.45) is 1.51. The van der Waals surface area contributed by atoms with Gasteiger partial charge in [-0.15, -0.1) is 59.2 Å². The van der Waals surface area contributed by atoms with E-state index in [2.05, 4.69) is 70.0 Å². The molecule has 225 valence electrons. The Labute approximate surface area is 289 Å². The zero-order valence-electron chi connectivity index (χ0n) is 33.1. The van der Waals surface area contributed by atoms with Crippen molar-refractivity contribution in [2.75, 3.05) is 0 Å². The molecule has 0 saturated heterocycles. The summed E-state index contributed by atoms with van der Waals surface area (Å²) in [5, 5.41) is 4.90. The number of hydrogen-bond donors (Lipinski definition) is 0. The number of aryl methyl sites for hydroxylation is 2. The maximum atomic E-state index is 8.56. The first-order chi connectivity index (χ1) is 24.5. The molecule has 8 aromatic rings. The van der Waals surface area contributed by atoms with Crippen LogP contribution in [-0.2, 0) is 26.5 Å². The van der Waals surface area contributed by atoms with E-state index in [0.717, 1.165) is 16.8 Å². The summed E-state index contributed by atoms with van der Waals surface area (Å²) < 4.78 is 63.1. The van der Waals surface area contributed by atoms with Crippen molar-refractivity contribution < 1.29 is 31.1 Å². The van der Waals surface area contributed by atoms with E-state index in [0.29, 0.717) is 16.8 Å². The predicted octanol–water partition coefficient (Wildman–Crippen LogP) is 10.5. The summed E-state index contributed by atoms with van der Waals surface area (Å²) in [4.78, 5) is 8.79. The molecular formula is C41H35IrN3-2. The Morgan fingerprint density at radius 2 is 1.42 bits per heavy atom. The van der Waals surface area contributed by atoms with Crippen LogP contribution in [0.15, 0.2) is 109 Å². The minimum atomic E-state index is -2.18. The largest absolute Gasteiger partial charge is 0.350 e. The molecule has 3 nitrogen and oxygen atoms in total. The fourth-order valence-corrected chi connectivity index (χ4v) is 5.79. The van der Waals surface area contributed by atoms with Crippen molar-refractivity contribution in [3.63, 3.8) is 0 Å². The molecule has 4 heterocycles. The molecule has 45 heavy (non-hydrogen) atoms. The number of fused-ring (bicyclic) bond motifs is 6. The Morgan fingerprint density at radius 1 is 0.711 bits per heavy atom. The van der Waals surface area contributed by atoms with Crippen molar-refractivity contribution in [3.05, 3.63) is 138 Å². The molecule has 4 aromatic heterocycles. The third kappa shape index (κ3) is 5.89. The number of para-hydroxylation sites is 2. The van der Waals surface area contributed by atoms with Crippen LogP contribution >= 0.6 is 0 Å². The second kappa shape index (κ2) is 12.2. The summed E-state index contributed by atoms with van der Waals surface area (Å²) >= 11 is 0. The van der Waals surface area contributed by atoms with E-state index in [1.807, 2.05) is 39.0 Å². The van der Waals surface area contributed by atoms with Gasteiger partial charge in [0.15, 0.2) is 0 Å². The summed E-state index contributed by atoms with van der Waals surface area (Å²) in [5.74, 6) is 0. The van der Waals surface area contributed by atoms with Gasteiger partial charge in [-0.25, -0.2) is 0 Å². The van der Waals surface area contributed by atoms with E-state index in [1.54, 1.807) is 18.3 Å². The van der Waals surface area contributed by atoms with Gasteiger partial charge in [0.25, 0.3) is 0 Å². The van der Waals surface area contributed by atoms with E-state index in [9.17, 15) is 0 Å². The van der Waals surface area contributed by atoms with Crippen molar-refractivity contribution in [3.8, 4) is 22.5 Å². The van der Waals surface area contributed by atoms with Crippen LogP contribution < -0.4 is 0 Å². The molecule has 0 saturated carbocycles. The number of benzene rings is 4. The maximum absolute atomic E-state index is 8.56. The average molecular weight is 770 g/mol. The molecule has 0 aliphatic heterocycles. The summed E-state index contributed by atoms with van der Waals surface area (Å²) in [5.41, 5.74) is 6.86. The van der Waals surface area contributed by atoms with Crippen LogP contribution in [0.4, 0.5) is 0 Å². The fraction of sp³-hybridized carbons (Fsp3) is 0.171. The van der Waals surface area contributed by atoms with E-state index in [4.69, 9.17) is 16.0 Å². The van der Waals surface area contributed by atoms with E-state index >= 15 is 0 Å². The van der Waals surface area contributed by atoms with Gasteiger partial charge in [0, 0.05) is 59.8 Å². The van der Waals surface area contributed by atoms with Crippen molar-refractivity contribution in [2.24, 2.45) is 5.41 Å². The number of aromatic nitrogens is 3. The molecule has 0 N–H and O–H groups in total. The fourth-order valence-electron chi connectivity index (χ4n) is 5.79. The van der Waals surface area contributed by atoms with Crippen LogP contribution in [0.25, 0.3) is 60.6 Å². The molecule has 4 heteroatoms.